The van der Waals surface area contributed by atoms with Crippen LogP contribution in [-0.2, 0) is 4.79 Å². The first kappa shape index (κ1) is 11.4. The number of carbonyl (C=O) groups is 1. The smallest absolute Gasteiger partial charge is 0.236 e. The van der Waals surface area contributed by atoms with Gasteiger partial charge in [-0.05, 0) is 12.8 Å². The summed E-state index contributed by atoms with van der Waals surface area (Å²) in [4.78, 5) is 12.9. The van der Waals surface area contributed by atoms with Crippen molar-refractivity contribution >= 4 is 5.91 Å². The number of likely N-dealkylation sites (tertiary alicyclic amines) is 1. The van der Waals surface area contributed by atoms with Crippen molar-refractivity contribution in [2.75, 3.05) is 26.3 Å². The van der Waals surface area contributed by atoms with Crippen molar-refractivity contribution in [1.29, 1.82) is 0 Å². The molecule has 0 aliphatic carbocycles. The van der Waals surface area contributed by atoms with Crippen LogP contribution in [0.4, 0.5) is 4.39 Å². The predicted molar refractivity (Wildman–Crippen MR) is 50.3 cm³/mol. The monoisotopic (exact) mass is 204 g/mol. The maximum Gasteiger partial charge on any atom is 0.236 e. The second-order valence-electron chi connectivity index (χ2n) is 3.64. The van der Waals surface area contributed by atoms with Crippen LogP contribution in [0.15, 0.2) is 0 Å². The van der Waals surface area contributed by atoms with Gasteiger partial charge in [0.25, 0.3) is 0 Å². The molecule has 2 atom stereocenters. The number of nitrogens with two attached hydrogens (primary N) is 1. The minimum absolute atomic E-state index is 0.0154. The number of hydrogen-bond acceptors (Lipinski definition) is 3. The first-order valence-electron chi connectivity index (χ1n) is 4.91. The maximum absolute atomic E-state index is 12.1. The third-order valence-electron chi connectivity index (χ3n) is 2.70. The van der Waals surface area contributed by atoms with E-state index in [0.29, 0.717) is 25.9 Å². The lowest BCUT2D eigenvalue weighted by Gasteiger charge is -2.35. The standard InChI is InChI=1S/C9H17FN2O2/c10-3-1-7-6-12(9(14)5-11)4-2-8(7)13/h7-8,13H,1-6,11H2. The molecule has 5 heteroatoms. The minimum atomic E-state index is -0.479. The molecule has 0 bridgehead atoms. The summed E-state index contributed by atoms with van der Waals surface area (Å²) >= 11 is 0. The fourth-order valence-corrected chi connectivity index (χ4v) is 1.80. The number of amides is 1. The summed E-state index contributed by atoms with van der Waals surface area (Å²) in [5, 5.41) is 9.54. The third-order valence-corrected chi connectivity index (χ3v) is 2.70. The van der Waals surface area contributed by atoms with Crippen molar-refractivity contribution < 1.29 is 14.3 Å². The molecule has 1 heterocycles. The number of hydrogen-bond donors (Lipinski definition) is 2. The van der Waals surface area contributed by atoms with Crippen LogP contribution in [0.1, 0.15) is 12.8 Å². The van der Waals surface area contributed by atoms with E-state index < -0.39 is 12.8 Å². The van der Waals surface area contributed by atoms with Crippen LogP contribution in [0, 0.1) is 5.92 Å². The Hall–Kier alpha value is -0.680. The normalized spacial score (nSPS) is 27.8. The number of aliphatic hydroxyl groups excluding tert-OH is 1. The van der Waals surface area contributed by atoms with E-state index in [2.05, 4.69) is 0 Å². The van der Waals surface area contributed by atoms with Gasteiger partial charge in [-0.3, -0.25) is 9.18 Å². The van der Waals surface area contributed by atoms with Gasteiger partial charge in [-0.25, -0.2) is 0 Å². The molecule has 1 fully saturated rings. The number of halogens is 1. The molecule has 0 aromatic heterocycles. The summed E-state index contributed by atoms with van der Waals surface area (Å²) < 4.78 is 12.1. The highest BCUT2D eigenvalue weighted by Gasteiger charge is 2.29. The van der Waals surface area contributed by atoms with E-state index in [1.807, 2.05) is 0 Å². The van der Waals surface area contributed by atoms with Crippen LogP contribution in [-0.4, -0.2) is 48.3 Å². The zero-order valence-corrected chi connectivity index (χ0v) is 8.16. The Labute approximate surface area is 82.9 Å². The maximum atomic E-state index is 12.1. The zero-order valence-electron chi connectivity index (χ0n) is 8.16. The van der Waals surface area contributed by atoms with Crippen LogP contribution in [0.3, 0.4) is 0 Å². The largest absolute Gasteiger partial charge is 0.393 e. The van der Waals surface area contributed by atoms with Crippen LogP contribution in [0.2, 0.25) is 0 Å². The topological polar surface area (TPSA) is 66.6 Å². The number of alkyl halides is 1. The second-order valence-corrected chi connectivity index (χ2v) is 3.64. The van der Waals surface area contributed by atoms with Crippen molar-refractivity contribution in [2.24, 2.45) is 11.7 Å². The molecule has 2 unspecified atom stereocenters. The number of nitrogens with zero attached hydrogens (tertiary/aromatic N) is 1. The van der Waals surface area contributed by atoms with Gasteiger partial charge in [-0.15, -0.1) is 0 Å². The minimum Gasteiger partial charge on any atom is -0.393 e. The third kappa shape index (κ3) is 2.65. The van der Waals surface area contributed by atoms with Crippen molar-refractivity contribution in [3.63, 3.8) is 0 Å². The number of aliphatic hydroxyl groups is 1. The average molecular weight is 204 g/mol. The van der Waals surface area contributed by atoms with Gasteiger partial charge in [0.15, 0.2) is 0 Å². The molecule has 0 aromatic rings. The van der Waals surface area contributed by atoms with Crippen molar-refractivity contribution in [3.05, 3.63) is 0 Å². The fourth-order valence-electron chi connectivity index (χ4n) is 1.80. The molecule has 0 radical (unpaired) electrons. The molecule has 0 spiro atoms. The predicted octanol–water partition coefficient (Wildman–Crippen LogP) is -0.486. The quantitative estimate of drug-likeness (QED) is 0.652. The highest BCUT2D eigenvalue weighted by Crippen LogP contribution is 2.20. The molecule has 4 nitrogen and oxygen atoms in total. The molecular weight excluding hydrogens is 187 g/mol. The molecule has 14 heavy (non-hydrogen) atoms. The van der Waals surface area contributed by atoms with Gasteiger partial charge in [-0.1, -0.05) is 0 Å². The van der Waals surface area contributed by atoms with E-state index in [1.54, 1.807) is 4.90 Å². The first-order valence-corrected chi connectivity index (χ1v) is 4.91. The lowest BCUT2D eigenvalue weighted by Crippen LogP contribution is -2.48. The van der Waals surface area contributed by atoms with Crippen molar-refractivity contribution in [1.82, 2.24) is 4.90 Å². The summed E-state index contributed by atoms with van der Waals surface area (Å²) in [6, 6.07) is 0. The second kappa shape index (κ2) is 5.26. The van der Waals surface area contributed by atoms with E-state index >= 15 is 0 Å². The van der Waals surface area contributed by atoms with Gasteiger partial charge in [0, 0.05) is 19.0 Å². The summed E-state index contributed by atoms with van der Waals surface area (Å²) in [6.07, 6.45) is 0.360. The summed E-state index contributed by atoms with van der Waals surface area (Å²) in [7, 11) is 0. The summed E-state index contributed by atoms with van der Waals surface area (Å²) in [5.74, 6) is -0.259. The molecule has 1 aliphatic heterocycles. The number of carbonyl (C=O) groups excluding carboxylic acids is 1. The molecule has 1 rings (SSSR count). The van der Waals surface area contributed by atoms with Gasteiger partial charge in [0.2, 0.25) is 5.91 Å². The van der Waals surface area contributed by atoms with Crippen LogP contribution >= 0.6 is 0 Å². The van der Waals surface area contributed by atoms with E-state index in [1.165, 1.54) is 0 Å². The van der Waals surface area contributed by atoms with Crippen LogP contribution < -0.4 is 5.73 Å². The van der Waals surface area contributed by atoms with Gasteiger partial charge in [-0.2, -0.15) is 0 Å². The van der Waals surface area contributed by atoms with Crippen molar-refractivity contribution in [2.45, 2.75) is 18.9 Å². The van der Waals surface area contributed by atoms with Crippen molar-refractivity contribution in [3.8, 4) is 0 Å². The summed E-state index contributed by atoms with van der Waals surface area (Å²) in [6.45, 7) is 0.492. The molecule has 1 amide bonds. The van der Waals surface area contributed by atoms with Crippen LogP contribution in [0.5, 0.6) is 0 Å². The van der Waals surface area contributed by atoms with E-state index in [0.717, 1.165) is 0 Å². The Bertz CT molecular complexity index is 201. The molecule has 1 aliphatic rings. The average Bonchev–Trinajstić information content (AvgIpc) is 2.20. The SMILES string of the molecule is NCC(=O)N1CCC(O)C(CCF)C1. The van der Waals surface area contributed by atoms with E-state index in [4.69, 9.17) is 5.73 Å². The number of rotatable bonds is 3. The van der Waals surface area contributed by atoms with E-state index in [9.17, 15) is 14.3 Å². The molecule has 0 saturated carbocycles. The Morgan fingerprint density at radius 1 is 1.64 bits per heavy atom. The van der Waals surface area contributed by atoms with Gasteiger partial charge >= 0.3 is 0 Å². The lowest BCUT2D eigenvalue weighted by atomic mass is 9.92. The Balaban J connectivity index is 2.48. The fraction of sp³-hybridized carbons (Fsp3) is 0.889. The highest BCUT2D eigenvalue weighted by atomic mass is 19.1. The lowest BCUT2D eigenvalue weighted by molar-refractivity contribution is -0.133. The molecular formula is C9H17FN2O2. The van der Waals surface area contributed by atoms with Crippen LogP contribution in [0.25, 0.3) is 0 Å². The Morgan fingerprint density at radius 2 is 2.36 bits per heavy atom. The van der Waals surface area contributed by atoms with Gasteiger partial charge in [0.05, 0.1) is 19.3 Å². The Morgan fingerprint density at radius 3 is 2.93 bits per heavy atom. The molecule has 82 valence electrons. The molecule has 1 saturated heterocycles. The molecule has 3 N–H and O–H groups in total. The molecule has 0 aromatic carbocycles. The Kier molecular flexibility index (Phi) is 4.28. The van der Waals surface area contributed by atoms with Gasteiger partial charge in [0.1, 0.15) is 0 Å². The number of piperidine rings is 1. The zero-order chi connectivity index (χ0) is 10.6. The summed E-state index contributed by atoms with van der Waals surface area (Å²) in [5.41, 5.74) is 5.23. The van der Waals surface area contributed by atoms with E-state index in [-0.39, 0.29) is 18.4 Å². The first-order chi connectivity index (χ1) is 6.69. The highest BCUT2D eigenvalue weighted by molar-refractivity contribution is 5.78. The van der Waals surface area contributed by atoms with Gasteiger partial charge < -0.3 is 15.7 Å².